The second-order valence-electron chi connectivity index (χ2n) is 4.82. The van der Waals surface area contributed by atoms with E-state index in [2.05, 4.69) is 39.5 Å². The van der Waals surface area contributed by atoms with Crippen molar-refractivity contribution in [3.05, 3.63) is 16.9 Å². The fourth-order valence-electron chi connectivity index (χ4n) is 2.48. The molecule has 0 radical (unpaired) electrons. The van der Waals surface area contributed by atoms with Gasteiger partial charge in [0, 0.05) is 23.5 Å². The van der Waals surface area contributed by atoms with Crippen molar-refractivity contribution in [3.63, 3.8) is 0 Å². The highest BCUT2D eigenvalue weighted by Crippen LogP contribution is 2.28. The van der Waals surface area contributed by atoms with Crippen molar-refractivity contribution in [1.29, 1.82) is 0 Å². The molecular weight excluding hydrogens is 298 g/mol. The Morgan fingerprint density at radius 1 is 1.65 bits per heavy atom. The molecule has 0 saturated heterocycles. The van der Waals surface area contributed by atoms with Crippen LogP contribution in [0.5, 0.6) is 0 Å². The molecule has 3 nitrogen and oxygen atoms in total. The molecule has 0 aliphatic heterocycles. The van der Waals surface area contributed by atoms with E-state index in [1.54, 1.807) is 0 Å². The van der Waals surface area contributed by atoms with Crippen LogP contribution < -0.4 is 5.32 Å². The van der Waals surface area contributed by atoms with Gasteiger partial charge in [0.2, 0.25) is 0 Å². The highest BCUT2D eigenvalue weighted by atomic mass is 79.9. The van der Waals surface area contributed by atoms with Gasteiger partial charge in [-0.15, -0.1) is 0 Å². The van der Waals surface area contributed by atoms with Gasteiger partial charge in [0.1, 0.15) is 0 Å². The molecule has 1 saturated carbocycles. The number of hydrogen-bond acceptors (Lipinski definition) is 3. The van der Waals surface area contributed by atoms with Crippen LogP contribution in [-0.2, 0) is 6.54 Å². The van der Waals surface area contributed by atoms with Gasteiger partial charge in [-0.3, -0.25) is 4.68 Å². The minimum absolute atomic E-state index is 0.479. The van der Waals surface area contributed by atoms with E-state index in [0.717, 1.165) is 16.3 Å². The lowest BCUT2D eigenvalue weighted by molar-refractivity contribution is 0.397. The van der Waals surface area contributed by atoms with Crippen LogP contribution in [0.2, 0.25) is 0 Å². The first-order chi connectivity index (χ1) is 8.17. The number of hydrogen-bond donors (Lipinski definition) is 1. The molecule has 1 aliphatic rings. The fraction of sp³-hybridized carbons (Fsp3) is 0.750. The zero-order valence-corrected chi connectivity index (χ0v) is 12.8. The molecule has 1 aromatic rings. The van der Waals surface area contributed by atoms with Gasteiger partial charge in [-0.1, -0.05) is 0 Å². The third-order valence-electron chi connectivity index (χ3n) is 3.30. The van der Waals surface area contributed by atoms with Crippen molar-refractivity contribution in [2.45, 2.75) is 50.1 Å². The standard InChI is InChI=1S/C12H20BrN3S/c1-9(7-16-8-10(13)6-14-16)15-11-3-4-12(5-11)17-2/h6,8-9,11-12,15H,3-5,7H2,1-2H3/t9-,11+,12+/m0/s1. The minimum Gasteiger partial charge on any atom is -0.310 e. The van der Waals surface area contributed by atoms with E-state index in [1.165, 1.54) is 19.3 Å². The number of aromatic nitrogens is 2. The van der Waals surface area contributed by atoms with Crippen molar-refractivity contribution in [3.8, 4) is 0 Å². The summed E-state index contributed by atoms with van der Waals surface area (Å²) >= 11 is 5.43. The van der Waals surface area contributed by atoms with Crippen molar-refractivity contribution in [2.24, 2.45) is 0 Å². The molecular formula is C12H20BrN3S. The summed E-state index contributed by atoms with van der Waals surface area (Å²) in [6.45, 7) is 3.17. The lowest BCUT2D eigenvalue weighted by Gasteiger charge is -2.19. The molecule has 1 aromatic heterocycles. The van der Waals surface area contributed by atoms with Crippen LogP contribution in [0.15, 0.2) is 16.9 Å². The Kier molecular flexibility index (Phi) is 4.94. The Balaban J connectivity index is 1.76. The lowest BCUT2D eigenvalue weighted by Crippen LogP contribution is -2.37. The number of halogens is 1. The summed E-state index contributed by atoms with van der Waals surface area (Å²) < 4.78 is 3.04. The van der Waals surface area contributed by atoms with Crippen LogP contribution in [0.4, 0.5) is 0 Å². The van der Waals surface area contributed by atoms with E-state index in [4.69, 9.17) is 0 Å². The fourth-order valence-corrected chi connectivity index (χ4v) is 3.60. The maximum Gasteiger partial charge on any atom is 0.0632 e. The highest BCUT2D eigenvalue weighted by molar-refractivity contribution is 9.10. The highest BCUT2D eigenvalue weighted by Gasteiger charge is 2.24. The predicted molar refractivity (Wildman–Crippen MR) is 77.5 cm³/mol. The molecule has 17 heavy (non-hydrogen) atoms. The van der Waals surface area contributed by atoms with Crippen LogP contribution in [0, 0.1) is 0 Å². The maximum absolute atomic E-state index is 4.29. The predicted octanol–water partition coefficient (Wildman–Crippen LogP) is 2.91. The molecule has 0 spiro atoms. The minimum atomic E-state index is 0.479. The molecule has 3 atom stereocenters. The van der Waals surface area contributed by atoms with Crippen LogP contribution in [0.1, 0.15) is 26.2 Å². The Morgan fingerprint density at radius 2 is 2.47 bits per heavy atom. The number of thioether (sulfide) groups is 1. The second-order valence-corrected chi connectivity index (χ2v) is 6.87. The van der Waals surface area contributed by atoms with E-state index in [9.17, 15) is 0 Å². The third kappa shape index (κ3) is 4.00. The molecule has 1 heterocycles. The summed E-state index contributed by atoms with van der Waals surface area (Å²) in [5.41, 5.74) is 0. The molecule has 96 valence electrons. The van der Waals surface area contributed by atoms with Crippen molar-refractivity contribution in [1.82, 2.24) is 15.1 Å². The SMILES string of the molecule is CS[C@@H]1CC[C@@H](N[C@@H](C)Cn2cc(Br)cn2)C1. The molecule has 0 aromatic carbocycles. The Bertz CT molecular complexity index is 355. The van der Waals surface area contributed by atoms with Crippen LogP contribution in [-0.4, -0.2) is 33.4 Å². The molecule has 0 amide bonds. The average molecular weight is 318 g/mol. The van der Waals surface area contributed by atoms with E-state index in [-0.39, 0.29) is 0 Å². The first kappa shape index (κ1) is 13.4. The Labute approximate surface area is 116 Å². The number of rotatable bonds is 5. The van der Waals surface area contributed by atoms with Gasteiger partial charge >= 0.3 is 0 Å². The van der Waals surface area contributed by atoms with Crippen molar-refractivity contribution < 1.29 is 0 Å². The number of nitrogens with one attached hydrogen (secondary N) is 1. The van der Waals surface area contributed by atoms with Gasteiger partial charge in [0.25, 0.3) is 0 Å². The van der Waals surface area contributed by atoms with Crippen molar-refractivity contribution in [2.75, 3.05) is 6.26 Å². The molecule has 0 bridgehead atoms. The molecule has 1 N–H and O–H groups in total. The third-order valence-corrected chi connectivity index (χ3v) is 4.81. The summed E-state index contributed by atoms with van der Waals surface area (Å²) in [6.07, 6.45) is 10.1. The largest absolute Gasteiger partial charge is 0.310 e. The van der Waals surface area contributed by atoms with Gasteiger partial charge in [-0.2, -0.15) is 16.9 Å². The topological polar surface area (TPSA) is 29.9 Å². The van der Waals surface area contributed by atoms with E-state index in [0.29, 0.717) is 12.1 Å². The summed E-state index contributed by atoms with van der Waals surface area (Å²) in [5, 5.41) is 8.86. The van der Waals surface area contributed by atoms with Gasteiger partial charge < -0.3 is 5.32 Å². The van der Waals surface area contributed by atoms with Crippen LogP contribution >= 0.6 is 27.7 Å². The average Bonchev–Trinajstić information content (AvgIpc) is 2.88. The molecule has 1 aliphatic carbocycles. The summed E-state index contributed by atoms with van der Waals surface area (Å²) in [5.74, 6) is 0. The normalized spacial score (nSPS) is 26.3. The molecule has 1 fully saturated rings. The molecule has 5 heteroatoms. The maximum atomic E-state index is 4.29. The first-order valence-corrected chi connectivity index (χ1v) is 8.22. The molecule has 0 unspecified atom stereocenters. The van der Waals surface area contributed by atoms with Crippen molar-refractivity contribution >= 4 is 27.7 Å². The van der Waals surface area contributed by atoms with E-state index in [1.807, 2.05) is 28.8 Å². The smallest absolute Gasteiger partial charge is 0.0632 e. The number of nitrogens with zero attached hydrogens (tertiary/aromatic N) is 2. The summed E-state index contributed by atoms with van der Waals surface area (Å²) in [4.78, 5) is 0. The Hall–Kier alpha value is -0.0000000000000000555. The van der Waals surface area contributed by atoms with E-state index < -0.39 is 0 Å². The second kappa shape index (κ2) is 6.25. The summed E-state index contributed by atoms with van der Waals surface area (Å²) in [7, 11) is 0. The lowest BCUT2D eigenvalue weighted by atomic mass is 10.2. The van der Waals surface area contributed by atoms with Crippen LogP contribution in [0.25, 0.3) is 0 Å². The summed E-state index contributed by atoms with van der Waals surface area (Å²) in [6, 6.07) is 1.17. The molecule has 2 rings (SSSR count). The van der Waals surface area contributed by atoms with E-state index >= 15 is 0 Å². The first-order valence-electron chi connectivity index (χ1n) is 6.14. The Morgan fingerprint density at radius 3 is 3.06 bits per heavy atom. The monoisotopic (exact) mass is 317 g/mol. The van der Waals surface area contributed by atoms with Gasteiger partial charge in [-0.05, 0) is 48.4 Å². The zero-order chi connectivity index (χ0) is 12.3. The zero-order valence-electron chi connectivity index (χ0n) is 10.4. The van der Waals surface area contributed by atoms with Crippen LogP contribution in [0.3, 0.4) is 0 Å². The quantitative estimate of drug-likeness (QED) is 0.905. The van der Waals surface area contributed by atoms with Gasteiger partial charge in [0.15, 0.2) is 0 Å². The van der Waals surface area contributed by atoms with Gasteiger partial charge in [-0.25, -0.2) is 0 Å². The van der Waals surface area contributed by atoms with Gasteiger partial charge in [0.05, 0.1) is 17.2 Å².